The molecular weight excluding hydrogens is 316 g/mol. The Balaban J connectivity index is 4.31. The maximum Gasteiger partial charge on any atom is 0.303 e. The number of hydrogen-bond acceptors (Lipinski definition) is 9. The summed E-state index contributed by atoms with van der Waals surface area (Å²) < 4.78 is 0. The monoisotopic (exact) mass is 342 g/mol. The van der Waals surface area contributed by atoms with Crippen LogP contribution in [0.15, 0.2) is 0 Å². The number of rotatable bonds is 11. The van der Waals surface area contributed by atoms with Crippen LogP contribution >= 0.6 is 0 Å². The van der Waals surface area contributed by atoms with Crippen LogP contribution in [0.1, 0.15) is 61.3 Å². The lowest BCUT2D eigenvalue weighted by Gasteiger charge is -2.25. The van der Waals surface area contributed by atoms with Crippen molar-refractivity contribution in [2.75, 3.05) is 0 Å². The van der Waals surface area contributed by atoms with E-state index in [1.807, 2.05) is 0 Å². The lowest BCUT2D eigenvalue weighted by atomic mass is 10.2. The molecule has 0 rings (SSSR count). The number of carboxylic acids is 1. The second-order valence-electron chi connectivity index (χ2n) is 6.86. The summed E-state index contributed by atoms with van der Waals surface area (Å²) in [4.78, 5) is 29.9. The third-order valence-electron chi connectivity index (χ3n) is 1.84. The standard InChI is InChI=1S/C13H26O10/c1-11(2,3)16-20-22-18-13(7,9-8-10(14)15)19-23-21-17-12(4,5)6/h8-9H2,1-7H3,(H,14,15). The fourth-order valence-electron chi connectivity index (χ4n) is 0.835. The summed E-state index contributed by atoms with van der Waals surface area (Å²) in [6, 6.07) is 0. The van der Waals surface area contributed by atoms with E-state index < -0.39 is 23.0 Å². The second kappa shape index (κ2) is 9.45. The van der Waals surface area contributed by atoms with E-state index in [0.29, 0.717) is 0 Å². The van der Waals surface area contributed by atoms with Crippen LogP contribution in [0.2, 0.25) is 0 Å². The van der Waals surface area contributed by atoms with Crippen LogP contribution in [0, 0.1) is 0 Å². The molecule has 10 heteroatoms. The van der Waals surface area contributed by atoms with E-state index in [4.69, 9.17) is 24.7 Å². The summed E-state index contributed by atoms with van der Waals surface area (Å²) in [6.07, 6.45) is -0.427. The zero-order valence-corrected chi connectivity index (χ0v) is 14.5. The van der Waals surface area contributed by atoms with Crippen molar-refractivity contribution < 1.29 is 49.6 Å². The van der Waals surface area contributed by atoms with Crippen LogP contribution in [0.25, 0.3) is 0 Å². The van der Waals surface area contributed by atoms with Gasteiger partial charge in [0.1, 0.15) is 0 Å². The van der Waals surface area contributed by atoms with Gasteiger partial charge in [0.05, 0.1) is 17.6 Å². The molecule has 0 radical (unpaired) electrons. The van der Waals surface area contributed by atoms with E-state index in [0.717, 1.165) is 0 Å². The van der Waals surface area contributed by atoms with Gasteiger partial charge in [0.15, 0.2) is 0 Å². The first-order chi connectivity index (χ1) is 10.3. The minimum Gasteiger partial charge on any atom is -0.481 e. The largest absolute Gasteiger partial charge is 0.481 e. The molecule has 138 valence electrons. The molecule has 0 amide bonds. The molecular formula is C13H26O10. The Morgan fingerprint density at radius 2 is 1.09 bits per heavy atom. The van der Waals surface area contributed by atoms with Gasteiger partial charge in [-0.3, -0.25) is 4.79 Å². The molecule has 23 heavy (non-hydrogen) atoms. The maximum absolute atomic E-state index is 10.7. The SMILES string of the molecule is CC(C)(C)OOOOC(C)(CCC(=O)O)OOOOC(C)(C)C. The molecule has 0 aromatic heterocycles. The Morgan fingerprint density at radius 3 is 1.39 bits per heavy atom. The van der Waals surface area contributed by atoms with Crippen LogP contribution in [-0.4, -0.2) is 28.1 Å². The lowest BCUT2D eigenvalue weighted by Crippen LogP contribution is -2.34. The van der Waals surface area contributed by atoms with Crippen LogP contribution in [-0.2, 0) is 44.5 Å². The van der Waals surface area contributed by atoms with Crippen LogP contribution in [0.3, 0.4) is 0 Å². The van der Waals surface area contributed by atoms with E-state index in [9.17, 15) is 4.79 Å². The fraction of sp³-hybridized carbons (Fsp3) is 0.923. The van der Waals surface area contributed by atoms with Crippen LogP contribution in [0.4, 0.5) is 0 Å². The summed E-state index contributed by atoms with van der Waals surface area (Å²) >= 11 is 0. The maximum atomic E-state index is 10.7. The highest BCUT2D eigenvalue weighted by atomic mass is 17.7. The predicted molar refractivity (Wildman–Crippen MR) is 73.5 cm³/mol. The van der Waals surface area contributed by atoms with E-state index in [1.54, 1.807) is 41.5 Å². The minimum atomic E-state index is -1.65. The van der Waals surface area contributed by atoms with E-state index in [-0.39, 0.29) is 12.8 Å². The van der Waals surface area contributed by atoms with Gasteiger partial charge in [0, 0.05) is 6.42 Å². The van der Waals surface area contributed by atoms with Gasteiger partial charge < -0.3 is 5.11 Å². The normalized spacial score (nSPS) is 13.3. The summed E-state index contributed by atoms with van der Waals surface area (Å²) in [6.45, 7) is 11.7. The van der Waals surface area contributed by atoms with Gasteiger partial charge in [0.25, 0.3) is 0 Å². The highest BCUT2D eigenvalue weighted by Gasteiger charge is 2.33. The zero-order chi connectivity index (χ0) is 18.1. The number of carbonyl (C=O) groups is 1. The van der Waals surface area contributed by atoms with Gasteiger partial charge in [0.2, 0.25) is 5.79 Å². The van der Waals surface area contributed by atoms with Crippen LogP contribution < -0.4 is 0 Å². The summed E-state index contributed by atoms with van der Waals surface area (Å²) in [7, 11) is 0. The van der Waals surface area contributed by atoms with Crippen LogP contribution in [0.5, 0.6) is 0 Å². The average molecular weight is 342 g/mol. The summed E-state index contributed by atoms with van der Waals surface area (Å²) in [5.41, 5.74) is -1.27. The Morgan fingerprint density at radius 1 is 0.739 bits per heavy atom. The number of aliphatic carboxylic acids is 1. The predicted octanol–water partition coefficient (Wildman–Crippen LogP) is 2.79. The van der Waals surface area contributed by atoms with Gasteiger partial charge in [-0.05, 0) is 68.6 Å². The van der Waals surface area contributed by atoms with Gasteiger partial charge in [-0.25, -0.2) is 0 Å². The van der Waals surface area contributed by atoms with Gasteiger partial charge in [-0.15, -0.1) is 0 Å². The van der Waals surface area contributed by atoms with E-state index in [2.05, 4.69) is 20.2 Å². The molecule has 0 atom stereocenters. The molecule has 0 aliphatic rings. The number of carboxylic acid groups (broad SMARTS) is 1. The van der Waals surface area contributed by atoms with E-state index in [1.165, 1.54) is 6.92 Å². The quantitative estimate of drug-likeness (QED) is 0.260. The van der Waals surface area contributed by atoms with Crippen molar-refractivity contribution in [3.05, 3.63) is 0 Å². The Bertz CT molecular complexity index is 322. The van der Waals surface area contributed by atoms with Crippen molar-refractivity contribution in [1.82, 2.24) is 0 Å². The Labute approximate surface area is 135 Å². The van der Waals surface area contributed by atoms with E-state index >= 15 is 0 Å². The highest BCUT2D eigenvalue weighted by molar-refractivity contribution is 5.66. The minimum absolute atomic E-state index is 0.139. The Hall–Kier alpha value is -0.850. The highest BCUT2D eigenvalue weighted by Crippen LogP contribution is 2.22. The van der Waals surface area contributed by atoms with Crippen molar-refractivity contribution in [2.24, 2.45) is 0 Å². The Kier molecular flexibility index (Phi) is 9.10. The van der Waals surface area contributed by atoms with Gasteiger partial charge in [-0.2, -0.15) is 19.6 Å². The van der Waals surface area contributed by atoms with Crippen molar-refractivity contribution in [3.63, 3.8) is 0 Å². The first-order valence-corrected chi connectivity index (χ1v) is 6.95. The lowest BCUT2D eigenvalue weighted by molar-refractivity contribution is -0.727. The molecule has 0 heterocycles. The van der Waals surface area contributed by atoms with Crippen molar-refractivity contribution in [1.29, 1.82) is 0 Å². The molecule has 0 unspecified atom stereocenters. The average Bonchev–Trinajstić information content (AvgIpc) is 2.36. The zero-order valence-electron chi connectivity index (χ0n) is 14.5. The van der Waals surface area contributed by atoms with Gasteiger partial charge in [-0.1, -0.05) is 0 Å². The fourth-order valence-corrected chi connectivity index (χ4v) is 0.835. The molecule has 0 aromatic carbocycles. The molecule has 0 spiro atoms. The van der Waals surface area contributed by atoms with Crippen molar-refractivity contribution >= 4 is 5.97 Å². The molecule has 0 saturated heterocycles. The van der Waals surface area contributed by atoms with Gasteiger partial charge >= 0.3 is 5.97 Å². The molecule has 1 N–H and O–H groups in total. The first-order valence-electron chi connectivity index (χ1n) is 6.95. The molecule has 0 aliphatic carbocycles. The van der Waals surface area contributed by atoms with Crippen molar-refractivity contribution in [2.45, 2.75) is 78.3 Å². The molecule has 0 fully saturated rings. The summed E-state index contributed by atoms with van der Waals surface area (Å²) in [5.74, 6) is -2.72. The molecule has 0 bridgehead atoms. The first kappa shape index (κ1) is 22.1. The summed E-state index contributed by atoms with van der Waals surface area (Å²) in [5, 5.41) is 26.3. The topological polar surface area (TPSA) is 111 Å². The third-order valence-corrected chi connectivity index (χ3v) is 1.84. The molecule has 0 aromatic rings. The molecule has 0 aliphatic heterocycles. The smallest absolute Gasteiger partial charge is 0.303 e. The number of hydrogen-bond donors (Lipinski definition) is 1. The molecule has 10 nitrogen and oxygen atoms in total. The third kappa shape index (κ3) is 14.5. The second-order valence-corrected chi connectivity index (χ2v) is 6.86. The van der Waals surface area contributed by atoms with Crippen molar-refractivity contribution in [3.8, 4) is 0 Å². The molecule has 0 saturated carbocycles.